The maximum absolute atomic E-state index is 5.40. The summed E-state index contributed by atoms with van der Waals surface area (Å²) < 4.78 is 5.40. The van der Waals surface area contributed by atoms with Crippen LogP contribution in [0.2, 0.25) is 0 Å². The second-order valence-electron chi connectivity index (χ2n) is 7.00. The van der Waals surface area contributed by atoms with E-state index in [-0.39, 0.29) is 24.0 Å². The molecule has 1 heterocycles. The molecule has 2 rings (SSSR count). The van der Waals surface area contributed by atoms with Crippen molar-refractivity contribution in [3.05, 3.63) is 29.3 Å². The van der Waals surface area contributed by atoms with E-state index in [4.69, 9.17) is 9.73 Å². The Kier molecular flexibility index (Phi) is 12.5. The predicted molar refractivity (Wildman–Crippen MR) is 126 cm³/mol. The number of benzene rings is 1. The molecule has 0 unspecified atom stereocenters. The van der Waals surface area contributed by atoms with Crippen molar-refractivity contribution >= 4 is 29.9 Å². The van der Waals surface area contributed by atoms with E-state index in [0.717, 1.165) is 44.2 Å². The maximum atomic E-state index is 5.40. The van der Waals surface area contributed by atoms with Gasteiger partial charge in [0.2, 0.25) is 0 Å². The molecule has 0 saturated carbocycles. The van der Waals surface area contributed by atoms with Crippen molar-refractivity contribution in [3.63, 3.8) is 0 Å². The van der Waals surface area contributed by atoms with Crippen LogP contribution >= 0.6 is 24.0 Å². The molecule has 27 heavy (non-hydrogen) atoms. The minimum absolute atomic E-state index is 0. The molecule has 1 aliphatic rings. The molecule has 1 saturated heterocycles. The third-order valence-corrected chi connectivity index (χ3v) is 4.87. The fraction of sp³-hybridized carbons (Fsp3) is 0.667. The summed E-state index contributed by atoms with van der Waals surface area (Å²) in [7, 11) is 1.73. The zero-order valence-corrected chi connectivity index (χ0v) is 19.6. The molecule has 0 bridgehead atoms. The normalized spacial score (nSPS) is 14.7. The molecule has 0 spiro atoms. The monoisotopic (exact) mass is 488 g/mol. The maximum Gasteiger partial charge on any atom is 0.191 e. The summed E-state index contributed by atoms with van der Waals surface area (Å²) in [5.74, 6) is 1.88. The van der Waals surface area contributed by atoms with E-state index >= 15 is 0 Å². The Morgan fingerprint density at radius 1 is 1.19 bits per heavy atom. The summed E-state index contributed by atoms with van der Waals surface area (Å²) in [5.41, 5.74) is 2.45. The highest BCUT2D eigenvalue weighted by Crippen LogP contribution is 2.19. The number of hydrogen-bond acceptors (Lipinski definition) is 3. The molecule has 0 aromatic heterocycles. The van der Waals surface area contributed by atoms with E-state index in [1.807, 2.05) is 0 Å². The van der Waals surface area contributed by atoms with Gasteiger partial charge in [-0.2, -0.15) is 0 Å². The number of methoxy groups -OCH3 is 1. The predicted octanol–water partition coefficient (Wildman–Crippen LogP) is 3.60. The van der Waals surface area contributed by atoms with Gasteiger partial charge in [-0.05, 0) is 82.8 Å². The number of nitrogens with zero attached hydrogens (tertiary/aromatic N) is 2. The summed E-state index contributed by atoms with van der Waals surface area (Å²) in [6.45, 7) is 10.6. The van der Waals surface area contributed by atoms with Crippen molar-refractivity contribution in [1.82, 2.24) is 15.5 Å². The van der Waals surface area contributed by atoms with E-state index < -0.39 is 0 Å². The highest BCUT2D eigenvalue weighted by molar-refractivity contribution is 14.0. The van der Waals surface area contributed by atoms with Crippen molar-refractivity contribution < 1.29 is 4.74 Å². The van der Waals surface area contributed by atoms with Crippen molar-refractivity contribution in [1.29, 1.82) is 0 Å². The van der Waals surface area contributed by atoms with E-state index in [1.165, 1.54) is 50.0 Å². The zero-order chi connectivity index (χ0) is 18.6. The van der Waals surface area contributed by atoms with Crippen molar-refractivity contribution in [3.8, 4) is 5.75 Å². The molecular weight excluding hydrogens is 451 g/mol. The average Bonchev–Trinajstić information content (AvgIpc) is 3.16. The lowest BCUT2D eigenvalue weighted by Crippen LogP contribution is -2.38. The van der Waals surface area contributed by atoms with E-state index in [9.17, 15) is 0 Å². The van der Waals surface area contributed by atoms with Crippen LogP contribution in [0.4, 0.5) is 0 Å². The third kappa shape index (κ3) is 9.14. The smallest absolute Gasteiger partial charge is 0.191 e. The summed E-state index contributed by atoms with van der Waals surface area (Å²) in [6.07, 6.45) is 6.10. The molecule has 154 valence electrons. The second kappa shape index (κ2) is 14.0. The van der Waals surface area contributed by atoms with Gasteiger partial charge in [0.25, 0.3) is 0 Å². The molecule has 1 aromatic rings. The number of likely N-dealkylation sites (tertiary alicyclic amines) is 1. The van der Waals surface area contributed by atoms with E-state index in [0.29, 0.717) is 0 Å². The van der Waals surface area contributed by atoms with Gasteiger partial charge in [-0.15, -0.1) is 24.0 Å². The number of nitrogens with one attached hydrogen (secondary N) is 2. The van der Waals surface area contributed by atoms with Crippen molar-refractivity contribution in [2.24, 2.45) is 4.99 Å². The quantitative estimate of drug-likeness (QED) is 0.229. The molecule has 6 heteroatoms. The van der Waals surface area contributed by atoms with E-state index in [1.54, 1.807) is 7.11 Å². The third-order valence-electron chi connectivity index (χ3n) is 4.87. The van der Waals surface area contributed by atoms with Crippen LogP contribution in [0.3, 0.4) is 0 Å². The van der Waals surface area contributed by atoms with Gasteiger partial charge in [0.15, 0.2) is 5.96 Å². The standard InChI is InChI=1S/C21H36N4O.HI/c1-4-22-21(23-12-5-6-14-25-15-7-8-16-25)24-13-11-19-10-9-18(2)20(17-19)26-3;/h9-10,17H,4-8,11-16H2,1-3H3,(H2,22,23,24);1H. The Bertz CT molecular complexity index is 559. The molecular formula is C21H37IN4O. The molecule has 1 aromatic carbocycles. The first-order valence-corrected chi connectivity index (χ1v) is 10.1. The number of aryl methyl sites for hydroxylation is 1. The van der Waals surface area contributed by atoms with Gasteiger partial charge in [0.05, 0.1) is 7.11 Å². The van der Waals surface area contributed by atoms with Crippen LogP contribution in [-0.4, -0.2) is 57.2 Å². The van der Waals surface area contributed by atoms with Crippen molar-refractivity contribution in [2.45, 2.75) is 46.0 Å². The highest BCUT2D eigenvalue weighted by Gasteiger charge is 2.09. The Balaban J connectivity index is 0.00000364. The minimum atomic E-state index is 0. The van der Waals surface area contributed by atoms with Crippen LogP contribution < -0.4 is 15.4 Å². The lowest BCUT2D eigenvalue weighted by molar-refractivity contribution is 0.331. The van der Waals surface area contributed by atoms with Crippen LogP contribution in [0, 0.1) is 6.92 Å². The fourth-order valence-electron chi connectivity index (χ4n) is 3.33. The van der Waals surface area contributed by atoms with E-state index in [2.05, 4.69) is 47.6 Å². The molecule has 0 amide bonds. The first-order chi connectivity index (χ1) is 12.7. The Hall–Kier alpha value is -1.02. The highest BCUT2D eigenvalue weighted by atomic mass is 127. The molecule has 1 aliphatic heterocycles. The Morgan fingerprint density at radius 3 is 2.67 bits per heavy atom. The summed E-state index contributed by atoms with van der Waals surface area (Å²) >= 11 is 0. The lowest BCUT2D eigenvalue weighted by Gasteiger charge is -2.14. The SMILES string of the molecule is CCNC(=NCCCCN1CCCC1)NCCc1ccc(C)c(OC)c1.I. The average molecular weight is 488 g/mol. The number of rotatable bonds is 10. The number of halogens is 1. The molecule has 1 fully saturated rings. The van der Waals surface area contributed by atoms with Gasteiger partial charge in [-0.3, -0.25) is 4.99 Å². The van der Waals surface area contributed by atoms with Crippen LogP contribution in [0.25, 0.3) is 0 Å². The first-order valence-electron chi connectivity index (χ1n) is 10.1. The first kappa shape index (κ1) is 24.0. The minimum Gasteiger partial charge on any atom is -0.496 e. The summed E-state index contributed by atoms with van der Waals surface area (Å²) in [5, 5.41) is 6.78. The number of ether oxygens (including phenoxy) is 1. The van der Waals surface area contributed by atoms with Gasteiger partial charge in [-0.25, -0.2) is 0 Å². The Morgan fingerprint density at radius 2 is 1.96 bits per heavy atom. The number of unbranched alkanes of at least 4 members (excludes halogenated alkanes) is 1. The largest absolute Gasteiger partial charge is 0.496 e. The van der Waals surface area contributed by atoms with Gasteiger partial charge in [0.1, 0.15) is 5.75 Å². The van der Waals surface area contributed by atoms with Gasteiger partial charge >= 0.3 is 0 Å². The van der Waals surface area contributed by atoms with Crippen LogP contribution in [0.15, 0.2) is 23.2 Å². The zero-order valence-electron chi connectivity index (χ0n) is 17.2. The number of aliphatic imine (C=N–C) groups is 1. The molecule has 0 atom stereocenters. The van der Waals surface area contributed by atoms with Gasteiger partial charge in [-0.1, -0.05) is 12.1 Å². The molecule has 0 aliphatic carbocycles. The Labute approximate surface area is 182 Å². The fourth-order valence-corrected chi connectivity index (χ4v) is 3.33. The van der Waals surface area contributed by atoms with Crippen molar-refractivity contribution in [2.75, 3.05) is 46.4 Å². The van der Waals surface area contributed by atoms with Crippen LogP contribution in [0.5, 0.6) is 5.75 Å². The molecule has 0 radical (unpaired) electrons. The van der Waals surface area contributed by atoms with Gasteiger partial charge in [0, 0.05) is 19.6 Å². The molecule has 2 N–H and O–H groups in total. The van der Waals surface area contributed by atoms with Gasteiger partial charge < -0.3 is 20.3 Å². The van der Waals surface area contributed by atoms with Crippen LogP contribution in [0.1, 0.15) is 43.7 Å². The lowest BCUT2D eigenvalue weighted by atomic mass is 10.1. The van der Waals surface area contributed by atoms with Crippen LogP contribution in [-0.2, 0) is 6.42 Å². The topological polar surface area (TPSA) is 48.9 Å². The summed E-state index contributed by atoms with van der Waals surface area (Å²) in [6, 6.07) is 6.41. The second-order valence-corrected chi connectivity index (χ2v) is 7.00. The molecule has 5 nitrogen and oxygen atoms in total. The summed E-state index contributed by atoms with van der Waals surface area (Å²) in [4.78, 5) is 7.28. The number of hydrogen-bond donors (Lipinski definition) is 2. The number of guanidine groups is 1.